The van der Waals surface area contributed by atoms with Crippen molar-refractivity contribution >= 4 is 11.7 Å². The molecular formula is C12H17N5O. The quantitative estimate of drug-likeness (QED) is 0.465. The van der Waals surface area contributed by atoms with Crippen molar-refractivity contribution in [2.45, 2.75) is 26.1 Å². The molecule has 1 aromatic carbocycles. The van der Waals surface area contributed by atoms with Crippen molar-refractivity contribution in [2.75, 3.05) is 0 Å². The maximum atomic E-state index is 11.2. The molecule has 2 atom stereocenters. The van der Waals surface area contributed by atoms with Crippen molar-refractivity contribution in [3.05, 3.63) is 35.9 Å². The molecule has 96 valence electrons. The lowest BCUT2D eigenvalue weighted by molar-refractivity contribution is 0.202. The third-order valence-corrected chi connectivity index (χ3v) is 2.76. The van der Waals surface area contributed by atoms with Crippen LogP contribution in [0.1, 0.15) is 19.4 Å². The van der Waals surface area contributed by atoms with Gasteiger partial charge in [-0.1, -0.05) is 30.3 Å². The highest BCUT2D eigenvalue weighted by Gasteiger charge is 2.23. The second-order valence-electron chi connectivity index (χ2n) is 4.20. The molecule has 0 radical (unpaired) electrons. The topological polar surface area (TPSA) is 77.5 Å². The van der Waals surface area contributed by atoms with E-state index in [1.165, 1.54) is 0 Å². The summed E-state index contributed by atoms with van der Waals surface area (Å²) in [6.07, 6.45) is -0.239. The predicted octanol–water partition coefficient (Wildman–Crippen LogP) is 0.532. The van der Waals surface area contributed by atoms with E-state index in [4.69, 9.17) is 0 Å². The van der Waals surface area contributed by atoms with E-state index in [9.17, 15) is 4.79 Å². The molecule has 6 heteroatoms. The highest BCUT2D eigenvalue weighted by atomic mass is 16.2. The fourth-order valence-electron chi connectivity index (χ4n) is 1.62. The number of nitrogens with one attached hydrogen (secondary N) is 4. The summed E-state index contributed by atoms with van der Waals surface area (Å²) in [6.45, 7) is 3.86. The Bertz CT molecular complexity index is 445. The largest absolute Gasteiger partial charge is 0.330 e. The molecule has 1 aliphatic rings. The van der Waals surface area contributed by atoms with Gasteiger partial charge in [-0.2, -0.15) is 5.10 Å². The smallest absolute Gasteiger partial charge is 0.314 e. The van der Waals surface area contributed by atoms with Crippen LogP contribution >= 0.6 is 0 Å². The highest BCUT2D eigenvalue weighted by molar-refractivity contribution is 5.98. The van der Waals surface area contributed by atoms with Crippen LogP contribution in [0.2, 0.25) is 0 Å². The Hall–Kier alpha value is -2.08. The van der Waals surface area contributed by atoms with Gasteiger partial charge < -0.3 is 5.32 Å². The second-order valence-corrected chi connectivity index (χ2v) is 4.20. The lowest BCUT2D eigenvalue weighted by Gasteiger charge is -2.30. The molecule has 0 bridgehead atoms. The number of hydrazone groups is 1. The fraction of sp³-hybridized carbons (Fsp3) is 0.333. The van der Waals surface area contributed by atoms with E-state index in [0.29, 0.717) is 0 Å². The lowest BCUT2D eigenvalue weighted by atomic mass is 10.1. The number of hydrazine groups is 1. The summed E-state index contributed by atoms with van der Waals surface area (Å²) >= 11 is 0. The number of carbonyl (C=O) groups is 1. The molecule has 6 nitrogen and oxygen atoms in total. The summed E-state index contributed by atoms with van der Waals surface area (Å²) in [7, 11) is 0. The number of urea groups is 1. The minimum atomic E-state index is -0.266. The second kappa shape index (κ2) is 5.50. The van der Waals surface area contributed by atoms with Crippen molar-refractivity contribution in [1.82, 2.24) is 21.6 Å². The molecule has 18 heavy (non-hydrogen) atoms. The molecule has 1 fully saturated rings. The Kier molecular flexibility index (Phi) is 3.78. The van der Waals surface area contributed by atoms with Crippen LogP contribution in [0.4, 0.5) is 4.79 Å². The minimum Gasteiger partial charge on any atom is -0.314 e. The Morgan fingerprint density at radius 3 is 2.78 bits per heavy atom. The van der Waals surface area contributed by atoms with E-state index >= 15 is 0 Å². The monoisotopic (exact) mass is 247 g/mol. The maximum Gasteiger partial charge on any atom is 0.330 e. The fourth-order valence-corrected chi connectivity index (χ4v) is 1.62. The molecule has 1 aliphatic heterocycles. The summed E-state index contributed by atoms with van der Waals surface area (Å²) in [6, 6.07) is 9.64. The van der Waals surface area contributed by atoms with E-state index in [0.717, 1.165) is 11.3 Å². The summed E-state index contributed by atoms with van der Waals surface area (Å²) in [5, 5.41) is 7.03. The third-order valence-electron chi connectivity index (χ3n) is 2.76. The number of benzene rings is 1. The van der Waals surface area contributed by atoms with Crippen molar-refractivity contribution in [3.63, 3.8) is 0 Å². The van der Waals surface area contributed by atoms with Crippen LogP contribution < -0.4 is 21.6 Å². The molecule has 0 aliphatic carbocycles. The van der Waals surface area contributed by atoms with Crippen molar-refractivity contribution < 1.29 is 4.79 Å². The zero-order valence-corrected chi connectivity index (χ0v) is 10.4. The van der Waals surface area contributed by atoms with Gasteiger partial charge in [0, 0.05) is 0 Å². The summed E-state index contributed by atoms with van der Waals surface area (Å²) in [4.78, 5) is 11.2. The van der Waals surface area contributed by atoms with Crippen LogP contribution in [0.15, 0.2) is 35.4 Å². The van der Waals surface area contributed by atoms with Gasteiger partial charge in [-0.15, -0.1) is 0 Å². The SMILES string of the molecule is C/C(=N\NC1NC(=O)NNC1C)c1ccccc1. The maximum absolute atomic E-state index is 11.2. The average Bonchev–Trinajstić information content (AvgIpc) is 2.40. The van der Waals surface area contributed by atoms with Gasteiger partial charge >= 0.3 is 6.03 Å². The van der Waals surface area contributed by atoms with Gasteiger partial charge in [0.15, 0.2) is 0 Å². The van der Waals surface area contributed by atoms with Crippen LogP contribution in [0.3, 0.4) is 0 Å². The Balaban J connectivity index is 1.99. The van der Waals surface area contributed by atoms with E-state index in [1.807, 2.05) is 44.2 Å². The summed E-state index contributed by atoms with van der Waals surface area (Å²) in [5.41, 5.74) is 10.2. The zero-order valence-electron chi connectivity index (χ0n) is 10.4. The number of amides is 2. The van der Waals surface area contributed by atoms with Crippen LogP contribution in [0.5, 0.6) is 0 Å². The molecule has 1 aromatic rings. The van der Waals surface area contributed by atoms with Gasteiger partial charge in [0.05, 0.1) is 11.8 Å². The number of nitrogens with zero attached hydrogens (tertiary/aromatic N) is 1. The predicted molar refractivity (Wildman–Crippen MR) is 69.8 cm³/mol. The van der Waals surface area contributed by atoms with Gasteiger partial charge in [-0.25, -0.2) is 10.2 Å². The van der Waals surface area contributed by atoms with Crippen molar-refractivity contribution in [2.24, 2.45) is 5.10 Å². The average molecular weight is 247 g/mol. The molecule has 2 unspecified atom stereocenters. The molecule has 0 spiro atoms. The van der Waals surface area contributed by atoms with E-state index in [2.05, 4.69) is 26.7 Å². The first-order valence-electron chi connectivity index (χ1n) is 5.84. The Morgan fingerprint density at radius 2 is 2.06 bits per heavy atom. The molecule has 2 amide bonds. The van der Waals surface area contributed by atoms with Crippen LogP contribution in [0, 0.1) is 0 Å². The van der Waals surface area contributed by atoms with Gasteiger partial charge in [-0.05, 0) is 19.4 Å². The molecule has 4 N–H and O–H groups in total. The molecular weight excluding hydrogens is 230 g/mol. The standard InChI is InChI=1S/C12H17N5O/c1-8(10-6-4-3-5-7-10)14-16-11-9(2)15-17-12(18)13-11/h3-7,9,11,15-16H,1-2H3,(H2,13,17,18)/b14-8+. The first-order valence-corrected chi connectivity index (χ1v) is 5.84. The number of rotatable bonds is 3. The lowest BCUT2D eigenvalue weighted by Crippen LogP contribution is -2.67. The Labute approximate surface area is 106 Å². The van der Waals surface area contributed by atoms with Crippen molar-refractivity contribution in [3.8, 4) is 0 Å². The van der Waals surface area contributed by atoms with Crippen molar-refractivity contribution in [1.29, 1.82) is 0 Å². The minimum absolute atomic E-state index is 0.0371. The highest BCUT2D eigenvalue weighted by Crippen LogP contribution is 2.00. The number of hydrogen-bond acceptors (Lipinski definition) is 4. The van der Waals surface area contributed by atoms with E-state index in [1.54, 1.807) is 0 Å². The molecule has 1 heterocycles. The molecule has 0 saturated carbocycles. The van der Waals surface area contributed by atoms with E-state index in [-0.39, 0.29) is 18.2 Å². The number of hydrogen-bond donors (Lipinski definition) is 4. The van der Waals surface area contributed by atoms with Crippen LogP contribution in [-0.4, -0.2) is 24.0 Å². The Morgan fingerprint density at radius 1 is 1.33 bits per heavy atom. The molecule has 0 aromatic heterocycles. The number of carbonyl (C=O) groups excluding carboxylic acids is 1. The summed E-state index contributed by atoms with van der Waals surface area (Å²) in [5.74, 6) is 0. The van der Waals surface area contributed by atoms with Gasteiger partial charge in [0.2, 0.25) is 0 Å². The van der Waals surface area contributed by atoms with Gasteiger partial charge in [0.25, 0.3) is 0 Å². The van der Waals surface area contributed by atoms with Crippen LogP contribution in [0.25, 0.3) is 0 Å². The molecule has 2 rings (SSSR count). The third kappa shape index (κ3) is 2.98. The molecule has 1 saturated heterocycles. The normalized spacial score (nSPS) is 24.1. The first kappa shape index (κ1) is 12.4. The summed E-state index contributed by atoms with van der Waals surface area (Å²) < 4.78 is 0. The van der Waals surface area contributed by atoms with Gasteiger partial charge in [0.1, 0.15) is 6.17 Å². The van der Waals surface area contributed by atoms with Gasteiger partial charge in [-0.3, -0.25) is 10.9 Å². The first-order chi connectivity index (χ1) is 8.66. The van der Waals surface area contributed by atoms with E-state index < -0.39 is 0 Å². The zero-order chi connectivity index (χ0) is 13.0. The van der Waals surface area contributed by atoms with Crippen LogP contribution in [-0.2, 0) is 0 Å².